The lowest BCUT2D eigenvalue weighted by atomic mass is 10.00. The third kappa shape index (κ3) is 4.56. The number of anilines is 1. The summed E-state index contributed by atoms with van der Waals surface area (Å²) in [6.45, 7) is 2.34. The molecule has 4 aromatic rings. The van der Waals surface area contributed by atoms with Crippen LogP contribution in [0.1, 0.15) is 73.0 Å². The molecule has 0 amide bonds. The Morgan fingerprint density at radius 2 is 1.85 bits per heavy atom. The van der Waals surface area contributed by atoms with Gasteiger partial charge in [-0.05, 0) is 75.8 Å². The molecule has 2 aliphatic heterocycles. The molecule has 0 radical (unpaired) electrons. The lowest BCUT2D eigenvalue weighted by molar-refractivity contribution is 0.0147. The first-order valence-electron chi connectivity index (χ1n) is 13.9. The Balaban J connectivity index is 1.08. The van der Waals surface area contributed by atoms with Gasteiger partial charge in [0.1, 0.15) is 23.1 Å². The van der Waals surface area contributed by atoms with Gasteiger partial charge in [-0.2, -0.15) is 0 Å². The van der Waals surface area contributed by atoms with Gasteiger partial charge in [-0.15, -0.1) is 0 Å². The highest BCUT2D eigenvalue weighted by molar-refractivity contribution is 7.22. The van der Waals surface area contributed by atoms with Crippen LogP contribution in [0.4, 0.5) is 13.9 Å². The minimum absolute atomic E-state index is 0.0128. The van der Waals surface area contributed by atoms with Crippen molar-refractivity contribution in [1.29, 1.82) is 0 Å². The first-order valence-corrected chi connectivity index (χ1v) is 14.7. The Morgan fingerprint density at radius 1 is 1.10 bits per heavy atom. The van der Waals surface area contributed by atoms with E-state index in [4.69, 9.17) is 19.0 Å². The summed E-state index contributed by atoms with van der Waals surface area (Å²) in [6.07, 6.45) is 5.77. The standard InChI is InChI=1S/C30H29F2N3O4S/c1-2-37-29(36)17-8-11-24-25(12-17)40-30(33-24)35-18-9-10-19(35)14-20(13-18)38-15-21-27(34-39-28(21)16-6-7-16)26-22(31)4-3-5-23(26)32/h3-5,8,11-12,16,18-20H,2,6-7,9-10,13-15H2,1H3/t18-,19?,20?/m0/s1. The lowest BCUT2D eigenvalue weighted by Gasteiger charge is -2.38. The molecule has 0 N–H and O–H groups in total. The van der Waals surface area contributed by atoms with Gasteiger partial charge < -0.3 is 18.9 Å². The van der Waals surface area contributed by atoms with Crippen LogP contribution in [0.15, 0.2) is 40.9 Å². The number of fused-ring (bicyclic) bond motifs is 3. The van der Waals surface area contributed by atoms with Crippen molar-refractivity contribution in [2.24, 2.45) is 0 Å². The Labute approximate surface area is 234 Å². The predicted molar refractivity (Wildman–Crippen MR) is 147 cm³/mol. The van der Waals surface area contributed by atoms with Crippen LogP contribution < -0.4 is 4.90 Å². The number of hydrogen-bond donors (Lipinski definition) is 0. The van der Waals surface area contributed by atoms with Crippen molar-refractivity contribution >= 4 is 32.7 Å². The number of carbonyl (C=O) groups is 1. The Hall–Kier alpha value is -3.37. The van der Waals surface area contributed by atoms with Crippen molar-refractivity contribution in [3.63, 3.8) is 0 Å². The van der Waals surface area contributed by atoms with Gasteiger partial charge in [-0.1, -0.05) is 22.6 Å². The molecule has 208 valence electrons. The fraction of sp³-hybridized carbons (Fsp3) is 0.433. The van der Waals surface area contributed by atoms with Crippen LogP contribution in [-0.2, 0) is 16.1 Å². The number of benzene rings is 2. The second kappa shape index (κ2) is 10.2. The maximum absolute atomic E-state index is 14.6. The number of rotatable bonds is 8. The van der Waals surface area contributed by atoms with Crippen LogP contribution in [-0.4, -0.2) is 40.9 Å². The highest BCUT2D eigenvalue weighted by atomic mass is 32.1. The van der Waals surface area contributed by atoms with Crippen molar-refractivity contribution in [3.8, 4) is 11.3 Å². The molecule has 1 saturated carbocycles. The van der Waals surface area contributed by atoms with E-state index >= 15 is 0 Å². The second-order valence-electron chi connectivity index (χ2n) is 10.8. The van der Waals surface area contributed by atoms with E-state index < -0.39 is 11.6 Å². The highest BCUT2D eigenvalue weighted by Gasteiger charge is 2.43. The number of nitrogens with zero attached hydrogens (tertiary/aromatic N) is 3. The van der Waals surface area contributed by atoms with E-state index in [2.05, 4.69) is 10.1 Å². The predicted octanol–water partition coefficient (Wildman–Crippen LogP) is 7.00. The largest absolute Gasteiger partial charge is 0.462 e. The van der Waals surface area contributed by atoms with Gasteiger partial charge >= 0.3 is 5.97 Å². The Morgan fingerprint density at radius 3 is 2.55 bits per heavy atom. The molecule has 7 rings (SSSR count). The van der Waals surface area contributed by atoms with E-state index in [1.165, 1.54) is 18.2 Å². The van der Waals surface area contributed by atoms with E-state index in [-0.39, 0.29) is 35.9 Å². The minimum Gasteiger partial charge on any atom is -0.462 e. The van der Waals surface area contributed by atoms with Crippen LogP contribution in [0.25, 0.3) is 21.5 Å². The van der Waals surface area contributed by atoms with Gasteiger partial charge in [0.2, 0.25) is 0 Å². The summed E-state index contributed by atoms with van der Waals surface area (Å²) in [7, 11) is 0. The molecule has 2 aromatic heterocycles. The summed E-state index contributed by atoms with van der Waals surface area (Å²) in [5.74, 6) is -0.719. The summed E-state index contributed by atoms with van der Waals surface area (Å²) >= 11 is 1.60. The average Bonchev–Trinajstić information content (AvgIpc) is 3.47. The highest BCUT2D eigenvalue weighted by Crippen LogP contribution is 2.46. The molecule has 40 heavy (non-hydrogen) atoms. The molecule has 4 heterocycles. The van der Waals surface area contributed by atoms with E-state index in [1.807, 2.05) is 12.1 Å². The van der Waals surface area contributed by atoms with Crippen LogP contribution in [0.5, 0.6) is 0 Å². The van der Waals surface area contributed by atoms with Gasteiger partial charge in [0.25, 0.3) is 0 Å². The van der Waals surface area contributed by atoms with Crippen LogP contribution in [0.2, 0.25) is 0 Å². The van der Waals surface area contributed by atoms with Crippen LogP contribution >= 0.6 is 11.3 Å². The van der Waals surface area contributed by atoms with Crippen LogP contribution in [0, 0.1) is 11.6 Å². The summed E-state index contributed by atoms with van der Waals surface area (Å²) in [6, 6.07) is 9.92. The zero-order valence-corrected chi connectivity index (χ0v) is 22.9. The average molecular weight is 566 g/mol. The lowest BCUT2D eigenvalue weighted by Crippen LogP contribution is -2.45. The topological polar surface area (TPSA) is 77.7 Å². The zero-order chi connectivity index (χ0) is 27.4. The molecular formula is C30H29F2N3O4S. The second-order valence-corrected chi connectivity index (χ2v) is 11.9. The maximum atomic E-state index is 14.6. The molecule has 3 aliphatic rings. The van der Waals surface area contributed by atoms with Crippen molar-refractivity contribution in [3.05, 3.63) is 64.9 Å². The first kappa shape index (κ1) is 25.6. The molecular weight excluding hydrogens is 536 g/mol. The quantitative estimate of drug-likeness (QED) is 0.213. The summed E-state index contributed by atoms with van der Waals surface area (Å²) in [4.78, 5) is 19.5. The molecule has 2 unspecified atom stereocenters. The van der Waals surface area contributed by atoms with Crippen LogP contribution in [0.3, 0.4) is 0 Å². The number of thiazole rings is 1. The van der Waals surface area contributed by atoms with E-state index in [0.717, 1.165) is 53.9 Å². The molecule has 3 atom stereocenters. The molecule has 0 spiro atoms. The smallest absolute Gasteiger partial charge is 0.338 e. The monoisotopic (exact) mass is 565 g/mol. The van der Waals surface area contributed by atoms with Crippen molar-refractivity contribution in [1.82, 2.24) is 10.1 Å². The Bertz CT molecular complexity index is 1550. The number of hydrogen-bond acceptors (Lipinski definition) is 8. The molecule has 2 aromatic carbocycles. The third-order valence-electron chi connectivity index (χ3n) is 8.23. The van der Waals surface area contributed by atoms with Gasteiger partial charge in [-0.25, -0.2) is 18.6 Å². The number of esters is 1. The molecule has 10 heteroatoms. The zero-order valence-electron chi connectivity index (χ0n) is 22.1. The molecule has 2 saturated heterocycles. The van der Waals surface area contributed by atoms with E-state index in [0.29, 0.717) is 35.6 Å². The van der Waals surface area contributed by atoms with E-state index in [9.17, 15) is 13.6 Å². The molecule has 1 aliphatic carbocycles. The number of carbonyl (C=O) groups excluding carboxylic acids is 1. The SMILES string of the molecule is CCOC(=O)c1ccc2nc(N3C4CC[C@H]3CC(OCc3c(-c5c(F)cccc5F)noc3C3CC3)C4)sc2c1. The number of halogens is 2. The fourth-order valence-corrected chi connectivity index (χ4v) is 7.34. The summed E-state index contributed by atoms with van der Waals surface area (Å²) < 4.78 is 47.4. The van der Waals surface area contributed by atoms with Crippen molar-refractivity contribution < 1.29 is 27.6 Å². The number of piperidine rings is 1. The molecule has 7 nitrogen and oxygen atoms in total. The summed E-state index contributed by atoms with van der Waals surface area (Å²) in [5.41, 5.74) is 2.11. The van der Waals surface area contributed by atoms with E-state index in [1.54, 1.807) is 24.3 Å². The number of ether oxygens (including phenoxy) is 2. The van der Waals surface area contributed by atoms with Crippen molar-refractivity contribution in [2.75, 3.05) is 11.5 Å². The van der Waals surface area contributed by atoms with Gasteiger partial charge in [0, 0.05) is 23.6 Å². The first-order chi connectivity index (χ1) is 19.5. The molecule has 2 bridgehead atoms. The number of aromatic nitrogens is 2. The molecule has 3 fully saturated rings. The Kier molecular flexibility index (Phi) is 6.54. The fourth-order valence-electron chi connectivity index (χ4n) is 6.19. The van der Waals surface area contributed by atoms with Gasteiger partial charge in [0.15, 0.2) is 5.13 Å². The van der Waals surface area contributed by atoms with Gasteiger partial charge in [0.05, 0.1) is 40.7 Å². The van der Waals surface area contributed by atoms with Crippen molar-refractivity contribution in [2.45, 2.75) is 76.2 Å². The summed E-state index contributed by atoms with van der Waals surface area (Å²) in [5, 5.41) is 5.06. The normalized spacial score (nSPS) is 22.3. The van der Waals surface area contributed by atoms with Gasteiger partial charge in [-0.3, -0.25) is 0 Å². The third-order valence-corrected chi connectivity index (χ3v) is 9.26. The minimum atomic E-state index is -0.659. The maximum Gasteiger partial charge on any atom is 0.338 e.